The third-order valence-electron chi connectivity index (χ3n) is 2.00. The first kappa shape index (κ1) is 10.2. The van der Waals surface area contributed by atoms with Crippen molar-refractivity contribution in [2.45, 2.75) is 32.4 Å². The van der Waals surface area contributed by atoms with Gasteiger partial charge in [0.25, 0.3) is 0 Å². The van der Waals surface area contributed by atoms with Crippen LogP contribution in [0.25, 0.3) is 0 Å². The summed E-state index contributed by atoms with van der Waals surface area (Å²) in [6.07, 6.45) is 6.44. The van der Waals surface area contributed by atoms with E-state index in [1.165, 1.54) is 0 Å². The minimum atomic E-state index is -0.00694. The number of hydrogen-bond acceptors (Lipinski definition) is 3. The average Bonchev–Trinajstić information content (AvgIpc) is 2.60. The smallest absolute Gasteiger partial charge is 0.134 e. The van der Waals surface area contributed by atoms with Gasteiger partial charge in [-0.2, -0.15) is 0 Å². The zero-order valence-corrected chi connectivity index (χ0v) is 7.69. The fourth-order valence-electron chi connectivity index (χ4n) is 1.27. The van der Waals surface area contributed by atoms with Gasteiger partial charge in [0.2, 0.25) is 0 Å². The molecule has 0 saturated carbocycles. The Bertz CT molecular complexity index is 235. The molecule has 1 heterocycles. The van der Waals surface area contributed by atoms with Crippen molar-refractivity contribution < 1.29 is 10.2 Å². The lowest BCUT2D eigenvalue weighted by Crippen LogP contribution is -2.03. The number of aliphatic hydroxyl groups excluding tert-OH is 2. The van der Waals surface area contributed by atoms with Crippen LogP contribution >= 0.6 is 0 Å². The molecule has 1 aromatic rings. The molecule has 0 atom stereocenters. The number of aromatic nitrogens is 2. The van der Waals surface area contributed by atoms with Gasteiger partial charge in [0.15, 0.2) is 0 Å². The number of rotatable bonds is 6. The highest BCUT2D eigenvalue weighted by Gasteiger charge is 1.99. The van der Waals surface area contributed by atoms with E-state index in [1.54, 1.807) is 6.20 Å². The van der Waals surface area contributed by atoms with Crippen LogP contribution in [0.4, 0.5) is 0 Å². The van der Waals surface area contributed by atoms with Crippen LogP contribution in [0.5, 0.6) is 0 Å². The lowest BCUT2D eigenvalue weighted by atomic mass is 10.2. The molecule has 1 rings (SSSR count). The Morgan fingerprint density at radius 1 is 1.23 bits per heavy atom. The van der Waals surface area contributed by atoms with Gasteiger partial charge in [-0.3, -0.25) is 0 Å². The number of hydrogen-bond donors (Lipinski definition) is 2. The van der Waals surface area contributed by atoms with Crippen LogP contribution in [0, 0.1) is 0 Å². The minimum absolute atomic E-state index is 0.00694. The molecule has 4 heteroatoms. The Labute approximate surface area is 77.8 Å². The molecule has 0 aliphatic heterocycles. The summed E-state index contributed by atoms with van der Waals surface area (Å²) in [7, 11) is 0. The number of aliphatic hydroxyl groups is 2. The van der Waals surface area contributed by atoms with E-state index in [9.17, 15) is 0 Å². The topological polar surface area (TPSA) is 58.3 Å². The summed E-state index contributed by atoms with van der Waals surface area (Å²) in [5.74, 6) is 0.712. The molecule has 0 fully saturated rings. The van der Waals surface area contributed by atoms with E-state index in [0.717, 1.165) is 25.8 Å². The van der Waals surface area contributed by atoms with Gasteiger partial charge in [-0.1, -0.05) is 0 Å². The standard InChI is InChI=1S/C9H16N2O2/c12-7-3-1-2-5-11-6-4-10-9(11)8-13/h4,6,12-13H,1-3,5,7-8H2. The lowest BCUT2D eigenvalue weighted by Gasteiger charge is -2.04. The van der Waals surface area contributed by atoms with Crippen molar-refractivity contribution in [1.29, 1.82) is 0 Å². The molecule has 0 aliphatic carbocycles. The number of nitrogens with zero attached hydrogens (tertiary/aromatic N) is 2. The molecule has 1 aromatic heterocycles. The van der Waals surface area contributed by atoms with Crippen molar-refractivity contribution >= 4 is 0 Å². The minimum Gasteiger partial charge on any atom is -0.396 e. The summed E-state index contributed by atoms with van der Waals surface area (Å²) in [5.41, 5.74) is 0. The van der Waals surface area contributed by atoms with Crippen molar-refractivity contribution in [3.05, 3.63) is 18.2 Å². The first-order chi connectivity index (χ1) is 6.38. The number of unbranched alkanes of at least 4 members (excludes halogenated alkanes) is 2. The quantitative estimate of drug-likeness (QED) is 0.634. The Morgan fingerprint density at radius 3 is 2.77 bits per heavy atom. The molecule has 0 saturated heterocycles. The third kappa shape index (κ3) is 3.16. The van der Waals surface area contributed by atoms with Crippen molar-refractivity contribution in [3.63, 3.8) is 0 Å². The maximum atomic E-state index is 8.89. The van der Waals surface area contributed by atoms with E-state index in [4.69, 9.17) is 10.2 Å². The second-order valence-electron chi connectivity index (χ2n) is 2.98. The van der Waals surface area contributed by atoms with E-state index in [-0.39, 0.29) is 13.2 Å². The van der Waals surface area contributed by atoms with E-state index in [1.807, 2.05) is 10.8 Å². The summed E-state index contributed by atoms with van der Waals surface area (Å²) >= 11 is 0. The Hall–Kier alpha value is -0.870. The molecule has 2 N–H and O–H groups in total. The van der Waals surface area contributed by atoms with Gasteiger partial charge in [0.05, 0.1) is 0 Å². The van der Waals surface area contributed by atoms with Gasteiger partial charge < -0.3 is 14.8 Å². The summed E-state index contributed by atoms with van der Waals surface area (Å²) in [6.45, 7) is 1.12. The van der Waals surface area contributed by atoms with Crippen molar-refractivity contribution in [2.24, 2.45) is 0 Å². The molecule has 0 aromatic carbocycles. The second-order valence-corrected chi connectivity index (χ2v) is 2.98. The first-order valence-electron chi connectivity index (χ1n) is 4.60. The molecule has 0 radical (unpaired) electrons. The molecule has 74 valence electrons. The Kier molecular flexibility index (Phi) is 4.49. The number of aryl methyl sites for hydroxylation is 1. The fraction of sp³-hybridized carbons (Fsp3) is 0.667. The largest absolute Gasteiger partial charge is 0.396 e. The predicted molar refractivity (Wildman–Crippen MR) is 49.1 cm³/mol. The van der Waals surface area contributed by atoms with Gasteiger partial charge >= 0.3 is 0 Å². The van der Waals surface area contributed by atoms with E-state index < -0.39 is 0 Å². The van der Waals surface area contributed by atoms with Crippen LogP contribution in [-0.2, 0) is 13.2 Å². The Balaban J connectivity index is 2.27. The summed E-state index contributed by atoms with van der Waals surface area (Å²) in [4.78, 5) is 4.00. The fourth-order valence-corrected chi connectivity index (χ4v) is 1.27. The molecule has 0 unspecified atom stereocenters. The van der Waals surface area contributed by atoms with Gasteiger partial charge in [0.1, 0.15) is 12.4 Å². The molecule has 13 heavy (non-hydrogen) atoms. The zero-order chi connectivity index (χ0) is 9.52. The van der Waals surface area contributed by atoms with Crippen LogP contribution in [0.2, 0.25) is 0 Å². The molecule has 0 bridgehead atoms. The SMILES string of the molecule is OCCCCCn1ccnc1CO. The molecule has 0 aliphatic rings. The monoisotopic (exact) mass is 184 g/mol. The maximum absolute atomic E-state index is 8.89. The molecule has 0 spiro atoms. The van der Waals surface area contributed by atoms with E-state index in [0.29, 0.717) is 5.82 Å². The molecular weight excluding hydrogens is 168 g/mol. The van der Waals surface area contributed by atoms with Crippen LogP contribution < -0.4 is 0 Å². The number of imidazole rings is 1. The first-order valence-corrected chi connectivity index (χ1v) is 4.60. The second kappa shape index (κ2) is 5.72. The van der Waals surface area contributed by atoms with E-state index >= 15 is 0 Å². The highest BCUT2D eigenvalue weighted by molar-refractivity contribution is 4.89. The van der Waals surface area contributed by atoms with Crippen molar-refractivity contribution in [2.75, 3.05) is 6.61 Å². The van der Waals surface area contributed by atoms with Crippen LogP contribution in [0.3, 0.4) is 0 Å². The molecule has 4 nitrogen and oxygen atoms in total. The maximum Gasteiger partial charge on any atom is 0.134 e. The van der Waals surface area contributed by atoms with Gasteiger partial charge in [-0.15, -0.1) is 0 Å². The van der Waals surface area contributed by atoms with Gasteiger partial charge in [0, 0.05) is 25.5 Å². The summed E-state index contributed by atoms with van der Waals surface area (Å²) in [5, 5.41) is 17.5. The lowest BCUT2D eigenvalue weighted by molar-refractivity contribution is 0.262. The van der Waals surface area contributed by atoms with Crippen LogP contribution in [-0.4, -0.2) is 26.4 Å². The Morgan fingerprint density at radius 2 is 2.08 bits per heavy atom. The summed E-state index contributed by atoms with van der Waals surface area (Å²) in [6, 6.07) is 0. The predicted octanol–water partition coefficient (Wildman–Crippen LogP) is 0.538. The van der Waals surface area contributed by atoms with Gasteiger partial charge in [-0.25, -0.2) is 4.98 Å². The molecule has 0 amide bonds. The van der Waals surface area contributed by atoms with Crippen LogP contribution in [0.1, 0.15) is 25.1 Å². The zero-order valence-electron chi connectivity index (χ0n) is 7.69. The average molecular weight is 184 g/mol. The van der Waals surface area contributed by atoms with Crippen molar-refractivity contribution in [3.8, 4) is 0 Å². The highest BCUT2D eigenvalue weighted by atomic mass is 16.3. The highest BCUT2D eigenvalue weighted by Crippen LogP contribution is 2.02. The normalized spacial score (nSPS) is 10.6. The van der Waals surface area contributed by atoms with E-state index in [2.05, 4.69) is 4.98 Å². The van der Waals surface area contributed by atoms with Crippen molar-refractivity contribution in [1.82, 2.24) is 9.55 Å². The third-order valence-corrected chi connectivity index (χ3v) is 2.00. The summed E-state index contributed by atoms with van der Waals surface area (Å²) < 4.78 is 1.94. The van der Waals surface area contributed by atoms with Gasteiger partial charge in [-0.05, 0) is 19.3 Å². The molecular formula is C9H16N2O2. The van der Waals surface area contributed by atoms with Crippen LogP contribution in [0.15, 0.2) is 12.4 Å².